The van der Waals surface area contributed by atoms with E-state index in [0.717, 1.165) is 0 Å². The molecule has 6 heteroatoms. The van der Waals surface area contributed by atoms with Crippen LogP contribution in [-0.2, 0) is 4.74 Å². The van der Waals surface area contributed by atoms with Gasteiger partial charge in [0.05, 0.1) is 12.3 Å². The Morgan fingerprint density at radius 3 is 2.52 bits per heavy atom. The van der Waals surface area contributed by atoms with Crippen LogP contribution in [0.15, 0.2) is 54.6 Å². The van der Waals surface area contributed by atoms with Gasteiger partial charge in [-0.3, -0.25) is 10.2 Å². The van der Waals surface area contributed by atoms with E-state index >= 15 is 0 Å². The molecule has 0 aliphatic heterocycles. The molecule has 0 atom stereocenters. The maximum absolute atomic E-state index is 11.9. The predicted octanol–water partition coefficient (Wildman–Crippen LogP) is 3.89. The first-order chi connectivity index (χ1) is 11.1. The molecule has 0 saturated carbocycles. The fourth-order valence-corrected chi connectivity index (χ4v) is 1.85. The molecule has 1 N–H and O–H groups in total. The second-order valence-corrected chi connectivity index (χ2v) is 4.64. The van der Waals surface area contributed by atoms with Gasteiger partial charge in [-0.1, -0.05) is 24.3 Å². The van der Waals surface area contributed by atoms with Crippen molar-refractivity contribution < 1.29 is 19.1 Å². The van der Waals surface area contributed by atoms with E-state index in [1.165, 1.54) is 4.90 Å². The Hall–Kier alpha value is -3.02. The summed E-state index contributed by atoms with van der Waals surface area (Å²) in [5.74, 6) is 0.326. The van der Waals surface area contributed by atoms with Crippen molar-refractivity contribution in [3.63, 3.8) is 0 Å². The van der Waals surface area contributed by atoms with E-state index in [1.54, 1.807) is 50.4 Å². The minimum absolute atomic E-state index is 0.291. The van der Waals surface area contributed by atoms with Gasteiger partial charge in [0.15, 0.2) is 0 Å². The lowest BCUT2D eigenvalue weighted by molar-refractivity contribution is 0.161. The summed E-state index contributed by atoms with van der Waals surface area (Å²) >= 11 is 0. The number of hydrogen-bond acceptors (Lipinski definition) is 4. The van der Waals surface area contributed by atoms with Crippen LogP contribution >= 0.6 is 0 Å². The Morgan fingerprint density at radius 2 is 1.83 bits per heavy atom. The van der Waals surface area contributed by atoms with Gasteiger partial charge in [-0.2, -0.15) is 0 Å². The number of anilines is 2. The van der Waals surface area contributed by atoms with E-state index < -0.39 is 12.2 Å². The standard InChI is InChI=1S/C17H18N2O4/c1-3-22-17(21)19(2)14-10-7-11-15(12-14)23-16(20)18-13-8-5-4-6-9-13/h4-12H,3H2,1-2H3,(H,18,20). The van der Waals surface area contributed by atoms with E-state index in [1.807, 2.05) is 18.2 Å². The van der Waals surface area contributed by atoms with E-state index in [2.05, 4.69) is 5.32 Å². The average molecular weight is 314 g/mol. The fourth-order valence-electron chi connectivity index (χ4n) is 1.85. The van der Waals surface area contributed by atoms with E-state index in [-0.39, 0.29) is 0 Å². The molecule has 0 unspecified atom stereocenters. The summed E-state index contributed by atoms with van der Waals surface area (Å²) in [5, 5.41) is 2.62. The number of carbonyl (C=O) groups excluding carboxylic acids is 2. The fraction of sp³-hybridized carbons (Fsp3) is 0.176. The smallest absolute Gasteiger partial charge is 0.417 e. The third kappa shape index (κ3) is 4.74. The van der Waals surface area contributed by atoms with Gasteiger partial charge < -0.3 is 9.47 Å². The molecule has 0 aromatic heterocycles. The molecule has 0 spiro atoms. The first-order valence-corrected chi connectivity index (χ1v) is 7.14. The van der Waals surface area contributed by atoms with Crippen molar-refractivity contribution in [1.29, 1.82) is 0 Å². The van der Waals surface area contributed by atoms with Crippen molar-refractivity contribution >= 4 is 23.6 Å². The number of hydrogen-bond donors (Lipinski definition) is 1. The number of para-hydroxylation sites is 1. The molecule has 0 saturated heterocycles. The Labute approximate surface area is 134 Å². The molecule has 2 rings (SSSR count). The van der Waals surface area contributed by atoms with Gasteiger partial charge in [0.1, 0.15) is 5.75 Å². The van der Waals surface area contributed by atoms with Crippen molar-refractivity contribution in [3.8, 4) is 5.75 Å². The Kier molecular flexibility index (Phi) is 5.57. The van der Waals surface area contributed by atoms with E-state index in [4.69, 9.17) is 9.47 Å². The summed E-state index contributed by atoms with van der Waals surface area (Å²) in [6.45, 7) is 2.03. The molecule has 2 aromatic carbocycles. The van der Waals surface area contributed by atoms with Crippen LogP contribution in [-0.4, -0.2) is 25.8 Å². The molecular weight excluding hydrogens is 296 g/mol. The maximum Gasteiger partial charge on any atom is 0.417 e. The Bertz CT molecular complexity index is 673. The van der Waals surface area contributed by atoms with E-state index in [9.17, 15) is 9.59 Å². The molecule has 0 radical (unpaired) electrons. The molecule has 120 valence electrons. The number of rotatable bonds is 4. The summed E-state index contributed by atoms with van der Waals surface area (Å²) in [5.41, 5.74) is 1.20. The molecule has 2 aromatic rings. The molecular formula is C17H18N2O4. The highest BCUT2D eigenvalue weighted by atomic mass is 16.6. The van der Waals surface area contributed by atoms with Gasteiger partial charge in [-0.25, -0.2) is 9.59 Å². The molecule has 2 amide bonds. The van der Waals surface area contributed by atoms with Crippen LogP contribution in [0.25, 0.3) is 0 Å². The third-order valence-corrected chi connectivity index (χ3v) is 2.98. The van der Waals surface area contributed by atoms with Gasteiger partial charge in [0.2, 0.25) is 0 Å². The lowest BCUT2D eigenvalue weighted by atomic mass is 10.3. The number of nitrogens with zero attached hydrogens (tertiary/aromatic N) is 1. The number of benzene rings is 2. The molecule has 0 fully saturated rings. The third-order valence-electron chi connectivity index (χ3n) is 2.98. The van der Waals surface area contributed by atoms with Crippen LogP contribution in [0, 0.1) is 0 Å². The van der Waals surface area contributed by atoms with Crippen LogP contribution < -0.4 is 15.0 Å². The van der Waals surface area contributed by atoms with Crippen LogP contribution in [0.3, 0.4) is 0 Å². The topological polar surface area (TPSA) is 67.9 Å². The lowest BCUT2D eigenvalue weighted by Gasteiger charge is -2.17. The van der Waals surface area contributed by atoms with Gasteiger partial charge >= 0.3 is 12.2 Å². The zero-order valence-corrected chi connectivity index (χ0v) is 13.0. The number of ether oxygens (including phenoxy) is 2. The first kappa shape index (κ1) is 16.4. The summed E-state index contributed by atoms with van der Waals surface area (Å²) in [6.07, 6.45) is -1.08. The van der Waals surface area contributed by atoms with Crippen LogP contribution in [0.2, 0.25) is 0 Å². The van der Waals surface area contributed by atoms with Crippen LogP contribution in [0.1, 0.15) is 6.92 Å². The zero-order valence-electron chi connectivity index (χ0n) is 13.0. The number of carbonyl (C=O) groups is 2. The summed E-state index contributed by atoms with van der Waals surface area (Å²) in [6, 6.07) is 15.6. The number of amides is 2. The van der Waals surface area contributed by atoms with E-state index in [0.29, 0.717) is 23.7 Å². The first-order valence-electron chi connectivity index (χ1n) is 7.14. The highest BCUT2D eigenvalue weighted by Gasteiger charge is 2.13. The van der Waals surface area contributed by atoms with Crippen LogP contribution in [0.4, 0.5) is 21.0 Å². The molecule has 6 nitrogen and oxygen atoms in total. The second-order valence-electron chi connectivity index (χ2n) is 4.64. The number of nitrogens with one attached hydrogen (secondary N) is 1. The molecule has 0 aliphatic rings. The van der Waals surface area contributed by atoms with Crippen LogP contribution in [0.5, 0.6) is 5.75 Å². The maximum atomic E-state index is 11.9. The van der Waals surface area contributed by atoms with Crippen molar-refractivity contribution in [2.75, 3.05) is 23.9 Å². The summed E-state index contributed by atoms with van der Waals surface area (Å²) in [4.78, 5) is 24.9. The highest BCUT2D eigenvalue weighted by Crippen LogP contribution is 2.21. The largest absolute Gasteiger partial charge is 0.449 e. The van der Waals surface area contributed by atoms with Gasteiger partial charge in [-0.15, -0.1) is 0 Å². The van der Waals surface area contributed by atoms with Gasteiger partial charge in [-0.05, 0) is 31.2 Å². The zero-order chi connectivity index (χ0) is 16.7. The van der Waals surface area contributed by atoms with Gasteiger partial charge in [0, 0.05) is 18.8 Å². The minimum atomic E-state index is -0.605. The second kappa shape index (κ2) is 7.84. The Morgan fingerprint density at radius 1 is 1.09 bits per heavy atom. The van der Waals surface area contributed by atoms with Crippen molar-refractivity contribution in [1.82, 2.24) is 0 Å². The normalized spacial score (nSPS) is 9.83. The molecule has 23 heavy (non-hydrogen) atoms. The molecule has 0 bridgehead atoms. The lowest BCUT2D eigenvalue weighted by Crippen LogP contribution is -2.27. The summed E-state index contributed by atoms with van der Waals surface area (Å²) in [7, 11) is 1.58. The average Bonchev–Trinajstić information content (AvgIpc) is 2.55. The van der Waals surface area contributed by atoms with Crippen molar-refractivity contribution in [2.24, 2.45) is 0 Å². The predicted molar refractivity (Wildman–Crippen MR) is 88.0 cm³/mol. The summed E-state index contributed by atoms with van der Waals surface area (Å²) < 4.78 is 10.1. The minimum Gasteiger partial charge on any atom is -0.449 e. The monoisotopic (exact) mass is 314 g/mol. The van der Waals surface area contributed by atoms with Crippen molar-refractivity contribution in [3.05, 3.63) is 54.6 Å². The quantitative estimate of drug-likeness (QED) is 0.929. The highest BCUT2D eigenvalue weighted by molar-refractivity contribution is 5.88. The van der Waals surface area contributed by atoms with Gasteiger partial charge in [0.25, 0.3) is 0 Å². The van der Waals surface area contributed by atoms with Crippen molar-refractivity contribution in [2.45, 2.75) is 6.92 Å². The molecule has 0 heterocycles. The molecule has 0 aliphatic carbocycles. The Balaban J connectivity index is 2.02. The SMILES string of the molecule is CCOC(=O)N(C)c1cccc(OC(=O)Nc2ccccc2)c1.